The summed E-state index contributed by atoms with van der Waals surface area (Å²) in [7, 11) is 0. The second kappa shape index (κ2) is 5.69. The fraction of sp³-hybridized carbons (Fsp3) is 0. The normalized spacial score (nSPS) is 10.9. The Bertz CT molecular complexity index is 1010. The van der Waals surface area contributed by atoms with Gasteiger partial charge in [0.15, 0.2) is 11.6 Å². The van der Waals surface area contributed by atoms with Crippen LogP contribution < -0.4 is 4.74 Å². The van der Waals surface area contributed by atoms with E-state index >= 15 is 0 Å². The molecule has 4 rings (SSSR count). The van der Waals surface area contributed by atoms with E-state index in [0.29, 0.717) is 0 Å². The summed E-state index contributed by atoms with van der Waals surface area (Å²) < 4.78 is 33.8. The molecule has 3 heterocycles. The van der Waals surface area contributed by atoms with E-state index in [2.05, 4.69) is 15.0 Å². The van der Waals surface area contributed by atoms with Gasteiger partial charge in [-0.3, -0.25) is 0 Å². The van der Waals surface area contributed by atoms with E-state index in [4.69, 9.17) is 4.74 Å². The smallest absolute Gasteiger partial charge is 0.322 e. The molecule has 0 saturated heterocycles. The van der Waals surface area contributed by atoms with Crippen LogP contribution in [0.3, 0.4) is 0 Å². The quantitative estimate of drug-likeness (QED) is 0.574. The minimum atomic E-state index is -0.686. The minimum Gasteiger partial charge on any atom is -0.421 e. The number of halogens is 2. The van der Waals surface area contributed by atoms with Crippen LogP contribution in [0.1, 0.15) is 0 Å². The lowest BCUT2D eigenvalue weighted by Crippen LogP contribution is -1.95. The number of imidazole rings is 1. The summed E-state index contributed by atoms with van der Waals surface area (Å²) in [6, 6.07) is 6.65. The molecule has 0 N–H and O–H groups in total. The van der Waals surface area contributed by atoms with Gasteiger partial charge in [0.05, 0.1) is 0 Å². The minimum absolute atomic E-state index is 0.0630. The highest BCUT2D eigenvalue weighted by molar-refractivity contribution is 5.63. The molecular formula is C17H10F2N4O. The van der Waals surface area contributed by atoms with Crippen molar-refractivity contribution in [3.63, 3.8) is 0 Å². The van der Waals surface area contributed by atoms with Gasteiger partial charge in [-0.25, -0.2) is 23.7 Å². The Kier molecular flexibility index (Phi) is 3.38. The lowest BCUT2D eigenvalue weighted by Gasteiger charge is -2.06. The molecule has 0 bridgehead atoms. The van der Waals surface area contributed by atoms with Gasteiger partial charge in [-0.1, -0.05) is 0 Å². The van der Waals surface area contributed by atoms with Crippen molar-refractivity contribution in [2.24, 2.45) is 0 Å². The lowest BCUT2D eigenvalue weighted by molar-refractivity contribution is 0.407. The molecule has 24 heavy (non-hydrogen) atoms. The lowest BCUT2D eigenvalue weighted by atomic mass is 10.1. The van der Waals surface area contributed by atoms with Crippen molar-refractivity contribution in [3.05, 3.63) is 73.0 Å². The molecule has 4 aromatic rings. The predicted molar refractivity (Wildman–Crippen MR) is 82.7 cm³/mol. The molecule has 0 unspecified atom stereocenters. The molecule has 0 amide bonds. The molecule has 0 aliphatic carbocycles. The molecule has 3 aromatic heterocycles. The van der Waals surface area contributed by atoms with Crippen LogP contribution in [0, 0.1) is 11.6 Å². The van der Waals surface area contributed by atoms with Crippen LogP contribution in [-0.2, 0) is 0 Å². The maximum absolute atomic E-state index is 13.6. The van der Waals surface area contributed by atoms with E-state index in [0.717, 1.165) is 35.0 Å². The maximum Gasteiger partial charge on any atom is 0.322 e. The zero-order valence-corrected chi connectivity index (χ0v) is 12.2. The van der Waals surface area contributed by atoms with E-state index in [1.54, 1.807) is 18.6 Å². The first kappa shape index (κ1) is 14.3. The van der Waals surface area contributed by atoms with E-state index in [-0.39, 0.29) is 11.8 Å². The Morgan fingerprint density at radius 1 is 0.917 bits per heavy atom. The Morgan fingerprint density at radius 3 is 2.58 bits per heavy atom. The van der Waals surface area contributed by atoms with Gasteiger partial charge in [-0.05, 0) is 24.3 Å². The zero-order valence-electron chi connectivity index (χ0n) is 12.2. The average molecular weight is 324 g/mol. The van der Waals surface area contributed by atoms with Gasteiger partial charge in [0.2, 0.25) is 0 Å². The molecule has 7 heteroatoms. The van der Waals surface area contributed by atoms with Gasteiger partial charge in [0.1, 0.15) is 11.5 Å². The number of fused-ring (bicyclic) bond motifs is 1. The Balaban J connectivity index is 1.61. The monoisotopic (exact) mass is 324 g/mol. The molecule has 0 radical (unpaired) electrons. The van der Waals surface area contributed by atoms with Gasteiger partial charge >= 0.3 is 6.01 Å². The predicted octanol–water partition coefficient (Wildman–Crippen LogP) is 3.86. The van der Waals surface area contributed by atoms with Crippen LogP contribution in [0.2, 0.25) is 0 Å². The largest absolute Gasteiger partial charge is 0.421 e. The van der Waals surface area contributed by atoms with E-state index in [9.17, 15) is 8.78 Å². The highest BCUT2D eigenvalue weighted by atomic mass is 19.1. The van der Waals surface area contributed by atoms with Crippen molar-refractivity contribution < 1.29 is 13.5 Å². The zero-order chi connectivity index (χ0) is 16.5. The first-order valence-electron chi connectivity index (χ1n) is 7.07. The van der Waals surface area contributed by atoms with Crippen molar-refractivity contribution in [3.8, 4) is 22.9 Å². The summed E-state index contributed by atoms with van der Waals surface area (Å²) in [4.78, 5) is 12.3. The number of pyridine rings is 1. The molecule has 1 aromatic carbocycles. The summed E-state index contributed by atoms with van der Waals surface area (Å²) in [5.41, 5.74) is 2.49. The van der Waals surface area contributed by atoms with Crippen LogP contribution in [0.25, 0.3) is 16.8 Å². The molecule has 0 fully saturated rings. The second-order valence-corrected chi connectivity index (χ2v) is 5.04. The highest BCUT2D eigenvalue weighted by Gasteiger charge is 2.09. The fourth-order valence-corrected chi connectivity index (χ4v) is 2.26. The molecule has 5 nitrogen and oxygen atoms in total. The van der Waals surface area contributed by atoms with Crippen molar-refractivity contribution >= 4 is 5.65 Å². The Morgan fingerprint density at radius 2 is 1.75 bits per heavy atom. The van der Waals surface area contributed by atoms with Gasteiger partial charge in [0.25, 0.3) is 0 Å². The molecule has 118 valence electrons. The third-order valence-electron chi connectivity index (χ3n) is 3.44. The summed E-state index contributed by atoms with van der Waals surface area (Å²) >= 11 is 0. The van der Waals surface area contributed by atoms with Crippen LogP contribution in [0.15, 0.2) is 61.3 Å². The molecular weight excluding hydrogens is 314 g/mol. The number of aromatic nitrogens is 4. The third-order valence-corrected chi connectivity index (χ3v) is 3.44. The van der Waals surface area contributed by atoms with Crippen molar-refractivity contribution in [1.29, 1.82) is 0 Å². The molecule has 0 saturated carbocycles. The number of benzene rings is 1. The Hall–Kier alpha value is -3.35. The number of rotatable bonds is 3. The number of hydrogen-bond donors (Lipinski definition) is 0. The number of ether oxygens (including phenoxy) is 1. The SMILES string of the molecule is Fc1ccc(F)c(Oc2ncc(-c3ccc4nccn4c3)cn2)c1. The molecule has 0 spiro atoms. The number of hydrogen-bond acceptors (Lipinski definition) is 4. The van der Waals surface area contributed by atoms with E-state index in [1.165, 1.54) is 0 Å². The van der Waals surface area contributed by atoms with Gasteiger partial charge in [-0.2, -0.15) is 0 Å². The summed E-state index contributed by atoms with van der Waals surface area (Å²) in [6.45, 7) is 0. The summed E-state index contributed by atoms with van der Waals surface area (Å²) in [5.74, 6) is -1.55. The van der Waals surface area contributed by atoms with Gasteiger partial charge < -0.3 is 9.14 Å². The first-order chi connectivity index (χ1) is 11.7. The topological polar surface area (TPSA) is 52.3 Å². The van der Waals surface area contributed by atoms with E-state index in [1.807, 2.05) is 28.9 Å². The molecule has 0 aliphatic rings. The first-order valence-corrected chi connectivity index (χ1v) is 7.07. The third kappa shape index (κ3) is 2.67. The van der Waals surface area contributed by atoms with Gasteiger partial charge in [-0.15, -0.1) is 0 Å². The Labute approximate surface area is 135 Å². The molecule has 0 atom stereocenters. The summed E-state index contributed by atoms with van der Waals surface area (Å²) in [6.07, 6.45) is 8.55. The van der Waals surface area contributed by atoms with Crippen LogP contribution in [0.5, 0.6) is 11.8 Å². The second-order valence-electron chi connectivity index (χ2n) is 5.04. The number of nitrogens with zero attached hydrogens (tertiary/aromatic N) is 4. The van der Waals surface area contributed by atoms with Crippen LogP contribution in [0.4, 0.5) is 8.78 Å². The van der Waals surface area contributed by atoms with Crippen molar-refractivity contribution in [1.82, 2.24) is 19.4 Å². The standard InChI is InChI=1S/C17H10F2N4O/c18-13-2-3-14(19)15(7-13)24-17-21-8-12(9-22-17)11-1-4-16-20-5-6-23(16)10-11/h1-10H. The summed E-state index contributed by atoms with van der Waals surface area (Å²) in [5, 5.41) is 0. The van der Waals surface area contributed by atoms with Crippen molar-refractivity contribution in [2.75, 3.05) is 0 Å². The van der Waals surface area contributed by atoms with E-state index < -0.39 is 11.6 Å². The average Bonchev–Trinajstić information content (AvgIpc) is 3.06. The maximum atomic E-state index is 13.6. The van der Waals surface area contributed by atoms with Crippen LogP contribution >= 0.6 is 0 Å². The van der Waals surface area contributed by atoms with Crippen molar-refractivity contribution in [2.45, 2.75) is 0 Å². The van der Waals surface area contributed by atoms with Crippen LogP contribution in [-0.4, -0.2) is 19.4 Å². The fourth-order valence-electron chi connectivity index (χ4n) is 2.26. The van der Waals surface area contributed by atoms with Gasteiger partial charge in [0, 0.05) is 48.2 Å². The molecule has 0 aliphatic heterocycles. The highest BCUT2D eigenvalue weighted by Crippen LogP contribution is 2.24.